The van der Waals surface area contributed by atoms with E-state index in [0.29, 0.717) is 0 Å². The molecular formula is C118H74N6. The van der Waals surface area contributed by atoms with E-state index in [1.807, 2.05) is 0 Å². The SMILES string of the molecule is c1ccc(-n2c3ccccc3c3cc(-c4ccc5c(c4)c4ccccc4n5-c4cccc(-c5cccc(-c6ccc7c8ccccc8c8ccccc8c7c6)c5)n4)ccc32)cc1.c1ccc(-n2c3ccccc3c3cc(-c4ccc5c(c4)c4ccccc4n5-c4cccc(-c5cccc(-c6ccc7c8ccccc8c8ccccc8c7c6)n5)c4)ccc32)cc1. The maximum absolute atomic E-state index is 5.38. The second-order valence-corrected chi connectivity index (χ2v) is 32.6. The summed E-state index contributed by atoms with van der Waals surface area (Å²) in [4.78, 5) is 10.7. The molecule has 6 heteroatoms. The van der Waals surface area contributed by atoms with E-state index in [9.17, 15) is 0 Å². The van der Waals surface area contributed by atoms with Crippen molar-refractivity contribution in [2.24, 2.45) is 0 Å². The molecule has 0 radical (unpaired) electrons. The number of rotatable bonds is 10. The normalized spacial score (nSPS) is 11.9. The lowest BCUT2D eigenvalue weighted by atomic mass is 9.92. The van der Waals surface area contributed by atoms with Crippen LogP contribution in [0, 0.1) is 0 Å². The minimum Gasteiger partial charge on any atom is -0.309 e. The second-order valence-electron chi connectivity index (χ2n) is 32.6. The van der Waals surface area contributed by atoms with Crippen LogP contribution in [-0.2, 0) is 0 Å². The predicted molar refractivity (Wildman–Crippen MR) is 523 cm³/mol. The summed E-state index contributed by atoms with van der Waals surface area (Å²) in [7, 11) is 0. The number of benzene rings is 20. The molecule has 0 N–H and O–H groups in total. The molecule has 6 nitrogen and oxygen atoms in total. The Bertz CT molecular complexity index is 8300. The van der Waals surface area contributed by atoms with Gasteiger partial charge < -0.3 is 13.7 Å². The van der Waals surface area contributed by atoms with E-state index < -0.39 is 0 Å². The van der Waals surface area contributed by atoms with E-state index >= 15 is 0 Å². The molecule has 0 fully saturated rings. The molecule has 0 bridgehead atoms. The first-order valence-electron chi connectivity index (χ1n) is 42.6. The molecule has 124 heavy (non-hydrogen) atoms. The topological polar surface area (TPSA) is 45.5 Å². The van der Waals surface area contributed by atoms with Crippen LogP contribution in [0.15, 0.2) is 449 Å². The fourth-order valence-electron chi connectivity index (χ4n) is 20.1. The van der Waals surface area contributed by atoms with E-state index in [-0.39, 0.29) is 0 Å². The molecule has 0 saturated carbocycles. The number of nitrogens with zero attached hydrogens (tertiary/aromatic N) is 6. The fourth-order valence-corrected chi connectivity index (χ4v) is 20.1. The summed E-state index contributed by atoms with van der Waals surface area (Å²) >= 11 is 0. The van der Waals surface area contributed by atoms with Gasteiger partial charge in [0.15, 0.2) is 0 Å². The number of hydrogen-bond acceptors (Lipinski definition) is 2. The van der Waals surface area contributed by atoms with Gasteiger partial charge in [-0.05, 0) is 250 Å². The Balaban J connectivity index is 0.000000136. The number of aromatic nitrogens is 6. The van der Waals surface area contributed by atoms with Crippen molar-refractivity contribution in [3.63, 3.8) is 0 Å². The van der Waals surface area contributed by atoms with Gasteiger partial charge in [0.1, 0.15) is 5.82 Å². The van der Waals surface area contributed by atoms with Crippen LogP contribution in [0.25, 0.3) is 242 Å². The van der Waals surface area contributed by atoms with Crippen molar-refractivity contribution in [3.05, 3.63) is 449 Å². The van der Waals surface area contributed by atoms with Crippen LogP contribution in [0.3, 0.4) is 0 Å². The van der Waals surface area contributed by atoms with Gasteiger partial charge in [-0.15, -0.1) is 0 Å². The van der Waals surface area contributed by atoms with Crippen LogP contribution in [0.4, 0.5) is 0 Å². The molecule has 0 saturated heterocycles. The molecule has 0 amide bonds. The summed E-state index contributed by atoms with van der Waals surface area (Å²) in [5, 5.41) is 25.2. The highest BCUT2D eigenvalue weighted by molar-refractivity contribution is 6.27. The van der Waals surface area contributed by atoms with Crippen LogP contribution < -0.4 is 0 Å². The molecule has 0 aliphatic heterocycles. The van der Waals surface area contributed by atoms with Crippen LogP contribution in [-0.4, -0.2) is 28.2 Å². The summed E-state index contributed by atoms with van der Waals surface area (Å²) in [6.07, 6.45) is 0. The molecule has 6 aromatic heterocycles. The van der Waals surface area contributed by atoms with E-state index in [0.717, 1.165) is 56.3 Å². The van der Waals surface area contributed by atoms with Gasteiger partial charge in [-0.3, -0.25) is 4.57 Å². The summed E-state index contributed by atoms with van der Waals surface area (Å²) in [5.41, 5.74) is 26.1. The highest BCUT2D eigenvalue weighted by atomic mass is 15.1. The van der Waals surface area contributed by atoms with Gasteiger partial charge in [-0.2, -0.15) is 0 Å². The van der Waals surface area contributed by atoms with Crippen LogP contribution in [0.5, 0.6) is 0 Å². The Morgan fingerprint density at radius 3 is 0.782 bits per heavy atom. The molecular weight excluding hydrogens is 1500 g/mol. The maximum Gasteiger partial charge on any atom is 0.138 e. The fraction of sp³-hybridized carbons (Fsp3) is 0. The van der Waals surface area contributed by atoms with Gasteiger partial charge in [0.05, 0.1) is 61.2 Å². The van der Waals surface area contributed by atoms with E-state index in [1.54, 1.807) is 0 Å². The predicted octanol–water partition coefficient (Wildman–Crippen LogP) is 31.5. The van der Waals surface area contributed by atoms with Crippen LogP contribution in [0.2, 0.25) is 0 Å². The highest BCUT2D eigenvalue weighted by Crippen LogP contribution is 2.45. The largest absolute Gasteiger partial charge is 0.309 e. The first-order chi connectivity index (χ1) is 61.5. The molecule has 26 aromatic rings. The van der Waals surface area contributed by atoms with Crippen molar-refractivity contribution in [3.8, 4) is 90.0 Å². The average molecular weight is 1580 g/mol. The monoisotopic (exact) mass is 1570 g/mol. The minimum absolute atomic E-state index is 0.894. The highest BCUT2D eigenvalue weighted by Gasteiger charge is 2.22. The second kappa shape index (κ2) is 28.6. The molecule has 26 rings (SSSR count). The summed E-state index contributed by atoms with van der Waals surface area (Å²) in [6, 6.07) is 163. The number of hydrogen-bond donors (Lipinski definition) is 0. The first kappa shape index (κ1) is 70.5. The zero-order valence-corrected chi connectivity index (χ0v) is 67.4. The molecule has 0 atom stereocenters. The third kappa shape index (κ3) is 11.4. The summed E-state index contributed by atoms with van der Waals surface area (Å²) in [5.74, 6) is 0.894. The van der Waals surface area contributed by atoms with Gasteiger partial charge in [0.2, 0.25) is 0 Å². The summed E-state index contributed by atoms with van der Waals surface area (Å²) in [6.45, 7) is 0. The van der Waals surface area contributed by atoms with E-state index in [1.165, 1.54) is 186 Å². The van der Waals surface area contributed by atoms with Gasteiger partial charge in [-0.1, -0.05) is 297 Å². The zero-order valence-electron chi connectivity index (χ0n) is 67.4. The quantitative estimate of drug-likeness (QED) is 0.128. The molecule has 0 aliphatic rings. The molecule has 576 valence electrons. The lowest BCUT2D eigenvalue weighted by Gasteiger charge is -2.13. The molecule has 0 unspecified atom stereocenters. The number of pyridine rings is 2. The van der Waals surface area contributed by atoms with Crippen molar-refractivity contribution >= 4 is 152 Å². The zero-order chi connectivity index (χ0) is 81.5. The molecule has 20 aromatic carbocycles. The Kier molecular flexibility index (Phi) is 16.3. The third-order valence-corrected chi connectivity index (χ3v) is 25.8. The summed E-state index contributed by atoms with van der Waals surface area (Å²) < 4.78 is 9.46. The molecule has 0 aliphatic carbocycles. The maximum atomic E-state index is 5.38. The standard InChI is InChI=1S/2C59H37N3/c1-2-16-43(17-3-1)61-55-25-10-8-22-49(55)52-36-40(29-32-57(52)61)41-30-33-58-53(37-41)50-23-9-11-26-56(50)62(58)59-27-13-24-54(60-59)42-15-12-14-38(34-42)39-28-31-48-46-20-5-4-18-44(46)45-19-6-7-21-47(45)51(48)35-39;1-2-15-42(16-3-1)61-56-26-10-8-22-49(56)52-35-38(29-32-58(52)61)39-30-33-59-53(36-39)50-23-9-11-27-57(50)62(59)43-17-12-14-40(34-43)54-24-13-25-55(60-54)41-28-31-48-46-20-5-4-18-44(46)45-19-6-7-21-47(45)51(48)37-41/h2*1-37H. The van der Waals surface area contributed by atoms with Gasteiger partial charge in [0, 0.05) is 76.8 Å². The minimum atomic E-state index is 0.894. The Morgan fingerprint density at radius 2 is 0.363 bits per heavy atom. The Labute approximate surface area is 714 Å². The van der Waals surface area contributed by atoms with Crippen molar-refractivity contribution in [1.82, 2.24) is 28.2 Å². The smallest absolute Gasteiger partial charge is 0.138 e. The third-order valence-electron chi connectivity index (χ3n) is 25.8. The Morgan fingerprint density at radius 1 is 0.121 bits per heavy atom. The van der Waals surface area contributed by atoms with E-state index in [2.05, 4.69) is 467 Å². The average Bonchev–Trinajstić information content (AvgIpc) is 1.54. The lowest BCUT2D eigenvalue weighted by molar-refractivity contribution is 1.08. The van der Waals surface area contributed by atoms with Crippen molar-refractivity contribution in [2.45, 2.75) is 0 Å². The first-order valence-corrected chi connectivity index (χ1v) is 42.6. The molecule has 0 spiro atoms. The van der Waals surface area contributed by atoms with Crippen LogP contribution >= 0.6 is 0 Å². The Hall–Kier alpha value is -16.5. The van der Waals surface area contributed by atoms with Crippen molar-refractivity contribution < 1.29 is 0 Å². The van der Waals surface area contributed by atoms with Gasteiger partial charge >= 0.3 is 0 Å². The number of fused-ring (bicyclic) bond motifs is 24. The van der Waals surface area contributed by atoms with Crippen molar-refractivity contribution in [2.75, 3.05) is 0 Å². The molecule has 6 heterocycles. The van der Waals surface area contributed by atoms with Crippen molar-refractivity contribution in [1.29, 1.82) is 0 Å². The van der Waals surface area contributed by atoms with Gasteiger partial charge in [0.25, 0.3) is 0 Å². The lowest BCUT2D eigenvalue weighted by Crippen LogP contribution is -1.98. The number of para-hydroxylation sites is 6. The van der Waals surface area contributed by atoms with Crippen LogP contribution in [0.1, 0.15) is 0 Å². The van der Waals surface area contributed by atoms with E-state index in [4.69, 9.17) is 9.97 Å². The van der Waals surface area contributed by atoms with Gasteiger partial charge in [-0.25, -0.2) is 9.97 Å².